The van der Waals surface area contributed by atoms with Crippen LogP contribution in [0.3, 0.4) is 0 Å². The normalized spacial score (nSPS) is 23.1. The van der Waals surface area contributed by atoms with Crippen LogP contribution in [0, 0.1) is 0 Å². The summed E-state index contributed by atoms with van der Waals surface area (Å²) < 4.78 is 11.0. The quantitative estimate of drug-likeness (QED) is 0.0291. The van der Waals surface area contributed by atoms with Gasteiger partial charge in [-0.15, -0.1) is 0 Å². The van der Waals surface area contributed by atoms with Crippen molar-refractivity contribution in [2.45, 2.75) is 223 Å². The summed E-state index contributed by atoms with van der Waals surface area (Å²) in [4.78, 5) is 13.0. The molecule has 8 N–H and O–H groups in total. The summed E-state index contributed by atoms with van der Waals surface area (Å²) in [5.74, 6) is -0.719. The molecule has 0 aromatic heterocycles. The third kappa shape index (κ3) is 23.3. The molecule has 1 saturated heterocycles. The van der Waals surface area contributed by atoms with Gasteiger partial charge in [0.05, 0.1) is 25.4 Å². The van der Waals surface area contributed by atoms with E-state index < -0.39 is 74.2 Å². The molecule has 0 aromatic carbocycles. The van der Waals surface area contributed by atoms with E-state index >= 15 is 0 Å². The van der Waals surface area contributed by atoms with Crippen molar-refractivity contribution in [1.29, 1.82) is 0 Å². The van der Waals surface area contributed by atoms with E-state index in [4.69, 9.17) is 9.47 Å². The first kappa shape index (κ1) is 49.6. The highest BCUT2D eigenvalue weighted by Gasteiger charge is 2.44. The van der Waals surface area contributed by atoms with E-state index in [1.54, 1.807) is 0 Å². The summed E-state index contributed by atoms with van der Waals surface area (Å²) in [5.41, 5.74) is 0. The highest BCUT2D eigenvalue weighted by Crippen LogP contribution is 2.23. The summed E-state index contributed by atoms with van der Waals surface area (Å²) >= 11 is 0. The van der Waals surface area contributed by atoms with Gasteiger partial charge in [-0.2, -0.15) is 0 Å². The number of hydrogen-bond acceptors (Lipinski definition) is 10. The molecule has 0 radical (unpaired) electrons. The zero-order valence-electron chi connectivity index (χ0n) is 33.2. The molecule has 9 unspecified atom stereocenters. The van der Waals surface area contributed by atoms with Gasteiger partial charge in [0.2, 0.25) is 5.91 Å². The number of carbonyl (C=O) groups excluding carboxylic acids is 1. The predicted octanol–water partition coefficient (Wildman–Crippen LogP) is 5.89. The molecule has 312 valence electrons. The predicted molar refractivity (Wildman–Crippen MR) is 210 cm³/mol. The fraction of sp³-hybridized carbons (Fsp3) is 0.881. The van der Waals surface area contributed by atoms with Crippen LogP contribution < -0.4 is 5.32 Å². The maximum Gasteiger partial charge on any atom is 0.249 e. The molecule has 1 fully saturated rings. The third-order valence-electron chi connectivity index (χ3n) is 10.2. The first-order valence-corrected chi connectivity index (χ1v) is 21.2. The van der Waals surface area contributed by atoms with E-state index in [2.05, 4.69) is 43.5 Å². The van der Waals surface area contributed by atoms with Crippen LogP contribution in [-0.4, -0.2) is 110 Å². The van der Waals surface area contributed by atoms with Gasteiger partial charge in [0.15, 0.2) is 6.29 Å². The molecule has 1 rings (SSSR count). The topological polar surface area (TPSA) is 189 Å². The van der Waals surface area contributed by atoms with E-state index in [0.717, 1.165) is 51.4 Å². The number of allylic oxidation sites excluding steroid dienone is 4. The lowest BCUT2D eigenvalue weighted by atomic mass is 9.98. The number of aliphatic hydroxyl groups excluding tert-OH is 7. The van der Waals surface area contributed by atoms with Crippen LogP contribution in [0.4, 0.5) is 0 Å². The minimum atomic E-state index is -1.67. The number of ether oxygens (including phenoxy) is 2. The summed E-state index contributed by atoms with van der Waals surface area (Å²) in [6.45, 7) is 3.36. The molecular weight excluding hydrogens is 678 g/mol. The first-order chi connectivity index (χ1) is 25.7. The number of aliphatic hydroxyl groups is 7. The van der Waals surface area contributed by atoms with Crippen molar-refractivity contribution in [2.75, 3.05) is 13.2 Å². The van der Waals surface area contributed by atoms with Crippen LogP contribution in [0.25, 0.3) is 0 Å². The van der Waals surface area contributed by atoms with Gasteiger partial charge in [-0.05, 0) is 64.2 Å². The third-order valence-corrected chi connectivity index (χ3v) is 10.2. The van der Waals surface area contributed by atoms with Crippen molar-refractivity contribution in [1.82, 2.24) is 5.32 Å². The highest BCUT2D eigenvalue weighted by atomic mass is 16.7. The van der Waals surface area contributed by atoms with Crippen LogP contribution >= 0.6 is 0 Å². The van der Waals surface area contributed by atoms with Gasteiger partial charge in [0, 0.05) is 0 Å². The average molecular weight is 758 g/mol. The molecule has 0 bridgehead atoms. The minimum absolute atomic E-state index is 0.239. The Labute approximate surface area is 321 Å². The fourth-order valence-electron chi connectivity index (χ4n) is 6.61. The second-order valence-electron chi connectivity index (χ2n) is 15.1. The number of nitrogens with one attached hydrogen (secondary N) is 1. The molecule has 11 nitrogen and oxygen atoms in total. The molecular formula is C42H79NO10. The Balaban J connectivity index is 2.55. The van der Waals surface area contributed by atoms with E-state index in [0.29, 0.717) is 12.8 Å². The lowest BCUT2D eigenvalue weighted by molar-refractivity contribution is -0.303. The first-order valence-electron chi connectivity index (χ1n) is 21.2. The highest BCUT2D eigenvalue weighted by molar-refractivity contribution is 5.80. The Bertz CT molecular complexity index is 918. The fourth-order valence-corrected chi connectivity index (χ4v) is 6.61. The molecule has 9 atom stereocenters. The van der Waals surface area contributed by atoms with Gasteiger partial charge < -0.3 is 50.5 Å². The number of amides is 1. The zero-order chi connectivity index (χ0) is 39.1. The number of carbonyl (C=O) groups is 1. The summed E-state index contributed by atoms with van der Waals surface area (Å²) in [6, 6.07) is -1.18. The molecule has 53 heavy (non-hydrogen) atoms. The maximum atomic E-state index is 13.0. The van der Waals surface area contributed by atoms with Crippen molar-refractivity contribution in [3.63, 3.8) is 0 Å². The van der Waals surface area contributed by atoms with Crippen molar-refractivity contribution in [3.05, 3.63) is 24.3 Å². The van der Waals surface area contributed by atoms with Gasteiger partial charge in [-0.3, -0.25) is 4.79 Å². The summed E-state index contributed by atoms with van der Waals surface area (Å²) in [5, 5.41) is 75.3. The minimum Gasteiger partial charge on any atom is -0.394 e. The largest absolute Gasteiger partial charge is 0.394 e. The molecule has 0 aliphatic carbocycles. The van der Waals surface area contributed by atoms with E-state index in [-0.39, 0.29) is 12.8 Å². The second kappa shape index (κ2) is 32.8. The van der Waals surface area contributed by atoms with Crippen molar-refractivity contribution >= 4 is 5.91 Å². The van der Waals surface area contributed by atoms with Crippen LogP contribution in [0.2, 0.25) is 0 Å². The molecule has 0 saturated carbocycles. The van der Waals surface area contributed by atoms with Crippen LogP contribution in [0.15, 0.2) is 24.3 Å². The van der Waals surface area contributed by atoms with Crippen LogP contribution in [-0.2, 0) is 14.3 Å². The van der Waals surface area contributed by atoms with Crippen molar-refractivity contribution in [3.8, 4) is 0 Å². The van der Waals surface area contributed by atoms with Crippen molar-refractivity contribution in [2.24, 2.45) is 0 Å². The lowest BCUT2D eigenvalue weighted by Gasteiger charge is -2.40. The SMILES string of the molecule is CCCCC/C=C\CCCCCCC(O)C(=O)NC(COC1OC(CO)C(O)C(O)C1O)C(O)C(O)CCC/C=C/CCCCCCCCCCCC. The molecule has 1 amide bonds. The van der Waals surface area contributed by atoms with Crippen LogP contribution in [0.5, 0.6) is 0 Å². The molecule has 1 heterocycles. The number of rotatable bonds is 34. The van der Waals surface area contributed by atoms with Gasteiger partial charge >= 0.3 is 0 Å². The maximum absolute atomic E-state index is 13.0. The molecule has 11 heteroatoms. The van der Waals surface area contributed by atoms with Gasteiger partial charge in [-0.1, -0.05) is 128 Å². The monoisotopic (exact) mass is 758 g/mol. The Kier molecular flexibility index (Phi) is 30.7. The Morgan fingerprint density at radius 3 is 1.66 bits per heavy atom. The zero-order valence-corrected chi connectivity index (χ0v) is 33.2. The Hall–Kier alpha value is -1.41. The molecule has 1 aliphatic heterocycles. The second-order valence-corrected chi connectivity index (χ2v) is 15.1. The molecule has 0 aromatic rings. The summed E-state index contributed by atoms with van der Waals surface area (Å²) in [7, 11) is 0. The van der Waals surface area contributed by atoms with Gasteiger partial charge in [-0.25, -0.2) is 0 Å². The Morgan fingerprint density at radius 2 is 1.11 bits per heavy atom. The van der Waals surface area contributed by atoms with Crippen molar-refractivity contribution < 1.29 is 50.0 Å². The van der Waals surface area contributed by atoms with E-state index in [1.807, 2.05) is 0 Å². The summed E-state index contributed by atoms with van der Waals surface area (Å²) in [6.07, 6.45) is 22.4. The van der Waals surface area contributed by atoms with Gasteiger partial charge in [0.25, 0.3) is 0 Å². The standard InChI is InChI=1S/C42H79NO10/c1-3-5-7-9-11-13-15-16-17-18-20-21-23-25-27-29-34(45)37(47)33(32-52-42-40(50)39(49)38(48)36(31-44)53-42)43-41(51)35(46)30-28-26-24-22-19-14-12-10-8-6-4-2/h12,14,21,23,33-40,42,44-50H,3-11,13,15-20,22,24-32H2,1-2H3,(H,43,51)/b14-12-,23-21+. The Morgan fingerprint density at radius 1 is 0.642 bits per heavy atom. The average Bonchev–Trinajstić information content (AvgIpc) is 3.16. The number of unbranched alkanes of at least 4 members (excludes halogenated alkanes) is 18. The van der Waals surface area contributed by atoms with Crippen LogP contribution in [0.1, 0.15) is 168 Å². The molecule has 1 aliphatic rings. The number of hydrogen-bond donors (Lipinski definition) is 8. The smallest absolute Gasteiger partial charge is 0.249 e. The lowest BCUT2D eigenvalue weighted by Crippen LogP contribution is -2.60. The van der Waals surface area contributed by atoms with E-state index in [1.165, 1.54) is 77.0 Å². The van der Waals surface area contributed by atoms with E-state index in [9.17, 15) is 40.5 Å². The molecule has 0 spiro atoms. The van der Waals surface area contributed by atoms with Gasteiger partial charge in [0.1, 0.15) is 36.6 Å².